The highest BCUT2D eigenvalue weighted by Gasteiger charge is 2.10. The monoisotopic (exact) mass is 354 g/mol. The van der Waals surface area contributed by atoms with Gasteiger partial charge in [-0.2, -0.15) is 9.78 Å². The summed E-state index contributed by atoms with van der Waals surface area (Å²) in [5, 5.41) is 11.1. The Labute approximate surface area is 125 Å². The van der Waals surface area contributed by atoms with Crippen molar-refractivity contribution in [2.45, 2.75) is 0 Å². The molecule has 3 rings (SSSR count). The van der Waals surface area contributed by atoms with Crippen molar-refractivity contribution in [3.8, 4) is 11.6 Å². The Morgan fingerprint density at radius 3 is 3.05 bits per heavy atom. The number of thiophene rings is 1. The van der Waals surface area contributed by atoms with Gasteiger partial charge >= 0.3 is 0 Å². The molecule has 3 heterocycles. The highest BCUT2D eigenvalue weighted by Crippen LogP contribution is 2.21. The lowest BCUT2D eigenvalue weighted by molar-refractivity contribution is 0.573. The minimum atomic E-state index is 0.415. The highest BCUT2D eigenvalue weighted by atomic mass is 79.9. The van der Waals surface area contributed by atoms with Crippen LogP contribution in [0.15, 0.2) is 43.8 Å². The largest absolute Gasteiger partial charge is 0.461 e. The number of aromatic amines is 1. The fourth-order valence-electron chi connectivity index (χ4n) is 1.48. The van der Waals surface area contributed by atoms with Crippen LogP contribution in [0.2, 0.25) is 0 Å². The zero-order valence-corrected chi connectivity index (χ0v) is 12.6. The van der Waals surface area contributed by atoms with Gasteiger partial charge in [-0.15, -0.1) is 16.4 Å². The van der Waals surface area contributed by atoms with Gasteiger partial charge in [-0.05, 0) is 52.4 Å². The van der Waals surface area contributed by atoms with E-state index >= 15 is 0 Å². The first-order valence-electron chi connectivity index (χ1n) is 5.25. The second-order valence-electron chi connectivity index (χ2n) is 3.53. The van der Waals surface area contributed by atoms with Gasteiger partial charge in [0.1, 0.15) is 0 Å². The second kappa shape index (κ2) is 5.24. The van der Waals surface area contributed by atoms with E-state index in [1.54, 1.807) is 35.9 Å². The number of nitrogens with one attached hydrogen (secondary N) is 1. The third-order valence-corrected chi connectivity index (χ3v) is 4.11. The van der Waals surface area contributed by atoms with Crippen LogP contribution in [0.25, 0.3) is 11.6 Å². The van der Waals surface area contributed by atoms with Crippen LogP contribution in [0.1, 0.15) is 4.88 Å². The molecule has 5 nitrogen and oxygen atoms in total. The van der Waals surface area contributed by atoms with Crippen LogP contribution in [-0.4, -0.2) is 21.1 Å². The van der Waals surface area contributed by atoms with Gasteiger partial charge in [-0.1, -0.05) is 0 Å². The summed E-state index contributed by atoms with van der Waals surface area (Å²) in [7, 11) is 0. The first kappa shape index (κ1) is 12.5. The molecule has 0 bridgehead atoms. The van der Waals surface area contributed by atoms with Crippen molar-refractivity contribution in [1.82, 2.24) is 14.9 Å². The second-order valence-corrected chi connectivity index (χ2v) is 6.41. The molecule has 19 heavy (non-hydrogen) atoms. The van der Waals surface area contributed by atoms with Gasteiger partial charge in [0, 0.05) is 4.88 Å². The van der Waals surface area contributed by atoms with E-state index in [9.17, 15) is 0 Å². The van der Waals surface area contributed by atoms with Gasteiger partial charge in [-0.25, -0.2) is 5.10 Å². The molecule has 0 saturated carbocycles. The first-order chi connectivity index (χ1) is 9.24. The molecule has 3 aromatic heterocycles. The number of furan rings is 1. The average Bonchev–Trinajstić information content (AvgIpc) is 3.08. The van der Waals surface area contributed by atoms with Gasteiger partial charge < -0.3 is 4.42 Å². The average molecular weight is 355 g/mol. The Bertz CT molecular complexity index is 769. The minimum Gasteiger partial charge on any atom is -0.461 e. The zero-order chi connectivity index (χ0) is 13.2. The number of H-pyrrole nitrogens is 1. The SMILES string of the molecule is S=c1[nH]nc(-c2ccco2)n1/N=C\c1ccc(Br)s1. The van der Waals surface area contributed by atoms with Crippen molar-refractivity contribution in [2.24, 2.45) is 5.10 Å². The zero-order valence-electron chi connectivity index (χ0n) is 9.41. The van der Waals surface area contributed by atoms with E-state index in [2.05, 4.69) is 31.2 Å². The minimum absolute atomic E-state index is 0.415. The number of aromatic nitrogens is 3. The summed E-state index contributed by atoms with van der Waals surface area (Å²) < 4.78 is 8.30. The van der Waals surface area contributed by atoms with Gasteiger partial charge in [0.25, 0.3) is 0 Å². The van der Waals surface area contributed by atoms with E-state index in [-0.39, 0.29) is 0 Å². The lowest BCUT2D eigenvalue weighted by Crippen LogP contribution is -1.93. The van der Waals surface area contributed by atoms with Crippen molar-refractivity contribution < 1.29 is 4.42 Å². The molecular formula is C11H7BrN4OS2. The molecule has 0 spiro atoms. The summed E-state index contributed by atoms with van der Waals surface area (Å²) in [6.45, 7) is 0. The van der Waals surface area contributed by atoms with Crippen molar-refractivity contribution in [3.63, 3.8) is 0 Å². The molecule has 0 atom stereocenters. The first-order valence-corrected chi connectivity index (χ1v) is 7.27. The lowest BCUT2D eigenvalue weighted by Gasteiger charge is -1.95. The third kappa shape index (κ3) is 2.60. The normalized spacial score (nSPS) is 11.4. The number of nitrogens with zero attached hydrogens (tertiary/aromatic N) is 3. The van der Waals surface area contributed by atoms with E-state index in [0.29, 0.717) is 16.4 Å². The summed E-state index contributed by atoms with van der Waals surface area (Å²) in [6, 6.07) is 7.53. The Morgan fingerprint density at radius 1 is 1.47 bits per heavy atom. The molecule has 0 unspecified atom stereocenters. The molecule has 96 valence electrons. The van der Waals surface area contributed by atoms with Crippen molar-refractivity contribution in [3.05, 3.63) is 44.0 Å². The Morgan fingerprint density at radius 2 is 2.37 bits per heavy atom. The lowest BCUT2D eigenvalue weighted by atomic mass is 10.4. The summed E-state index contributed by atoms with van der Waals surface area (Å²) in [4.78, 5) is 1.01. The number of rotatable bonds is 3. The van der Waals surface area contributed by atoms with Gasteiger partial charge in [0.2, 0.25) is 10.6 Å². The standard InChI is InChI=1S/C11H7BrN4OS2/c12-9-4-3-7(19-9)6-13-16-10(14-15-11(16)18)8-2-1-5-17-8/h1-6H,(H,15,18)/b13-6-. The van der Waals surface area contributed by atoms with Crippen LogP contribution < -0.4 is 0 Å². The van der Waals surface area contributed by atoms with E-state index < -0.39 is 0 Å². The maximum Gasteiger partial charge on any atom is 0.219 e. The molecule has 8 heteroatoms. The number of halogens is 1. The Kier molecular flexibility index (Phi) is 3.45. The fourth-order valence-corrected chi connectivity index (χ4v) is 2.95. The van der Waals surface area contributed by atoms with Crippen LogP contribution in [0.3, 0.4) is 0 Å². The Hall–Kier alpha value is -1.51. The summed E-state index contributed by atoms with van der Waals surface area (Å²) in [5.74, 6) is 1.15. The quantitative estimate of drug-likeness (QED) is 0.573. The van der Waals surface area contributed by atoms with E-state index in [1.807, 2.05) is 12.1 Å². The smallest absolute Gasteiger partial charge is 0.219 e. The molecule has 3 aromatic rings. The number of hydrogen-bond donors (Lipinski definition) is 1. The van der Waals surface area contributed by atoms with E-state index in [4.69, 9.17) is 16.6 Å². The molecule has 0 fully saturated rings. The topological polar surface area (TPSA) is 59.1 Å². The highest BCUT2D eigenvalue weighted by molar-refractivity contribution is 9.11. The number of hydrogen-bond acceptors (Lipinski definition) is 5. The molecule has 0 aliphatic heterocycles. The van der Waals surface area contributed by atoms with Crippen LogP contribution >= 0.6 is 39.5 Å². The fraction of sp³-hybridized carbons (Fsp3) is 0. The van der Waals surface area contributed by atoms with Crippen molar-refractivity contribution >= 4 is 45.7 Å². The van der Waals surface area contributed by atoms with E-state index in [0.717, 1.165) is 8.66 Å². The molecular weight excluding hydrogens is 348 g/mol. The predicted octanol–water partition coefficient (Wildman–Crippen LogP) is 3.91. The summed E-state index contributed by atoms with van der Waals surface area (Å²) in [5.41, 5.74) is 0. The molecule has 1 N–H and O–H groups in total. The van der Waals surface area contributed by atoms with Gasteiger partial charge in [0.15, 0.2) is 5.76 Å². The van der Waals surface area contributed by atoms with E-state index in [1.165, 1.54) is 4.68 Å². The van der Waals surface area contributed by atoms with Crippen LogP contribution in [-0.2, 0) is 0 Å². The molecule has 0 aliphatic carbocycles. The predicted molar refractivity (Wildman–Crippen MR) is 80.1 cm³/mol. The Balaban J connectivity index is 1.99. The molecule has 0 amide bonds. The maximum absolute atomic E-state index is 5.30. The van der Waals surface area contributed by atoms with Crippen LogP contribution in [0, 0.1) is 4.77 Å². The summed E-state index contributed by atoms with van der Waals surface area (Å²) >= 11 is 10.1. The van der Waals surface area contributed by atoms with Crippen molar-refractivity contribution in [1.29, 1.82) is 0 Å². The maximum atomic E-state index is 5.30. The van der Waals surface area contributed by atoms with Crippen LogP contribution in [0.5, 0.6) is 0 Å². The van der Waals surface area contributed by atoms with Crippen molar-refractivity contribution in [2.75, 3.05) is 0 Å². The molecule has 0 aliphatic rings. The molecule has 0 aromatic carbocycles. The summed E-state index contributed by atoms with van der Waals surface area (Å²) in [6.07, 6.45) is 3.31. The third-order valence-electron chi connectivity index (χ3n) is 2.29. The van der Waals surface area contributed by atoms with Gasteiger partial charge in [0.05, 0.1) is 16.3 Å². The van der Waals surface area contributed by atoms with Gasteiger partial charge in [-0.3, -0.25) is 0 Å². The van der Waals surface area contributed by atoms with Crippen LogP contribution in [0.4, 0.5) is 0 Å². The molecule has 0 radical (unpaired) electrons. The molecule has 0 saturated heterocycles.